The van der Waals surface area contributed by atoms with Crippen molar-refractivity contribution in [3.63, 3.8) is 0 Å². The van der Waals surface area contributed by atoms with Crippen LogP contribution in [-0.2, 0) is 0 Å². The van der Waals surface area contributed by atoms with Crippen molar-refractivity contribution < 1.29 is 5.11 Å². The van der Waals surface area contributed by atoms with E-state index in [4.69, 9.17) is 23.2 Å². The number of rotatable bonds is 1. The van der Waals surface area contributed by atoms with Crippen molar-refractivity contribution in [3.8, 4) is 0 Å². The molecule has 1 aliphatic heterocycles. The largest absolute Gasteiger partial charge is 0.391 e. The van der Waals surface area contributed by atoms with E-state index in [0.29, 0.717) is 16.6 Å². The highest BCUT2D eigenvalue weighted by atomic mass is 35.5. The monoisotopic (exact) mass is 231 g/mol. The number of hydrogen-bond donors (Lipinski definition) is 1. The summed E-state index contributed by atoms with van der Waals surface area (Å²) in [5.41, 5.74) is 1.02. The lowest BCUT2D eigenvalue weighted by atomic mass is 10.3. The molecular formula is C10H11Cl2NO. The number of hydrogen-bond acceptors (Lipinski definition) is 2. The maximum Gasteiger partial charge on any atom is 0.0731 e. The zero-order chi connectivity index (χ0) is 10.1. The van der Waals surface area contributed by atoms with Crippen LogP contribution in [0.2, 0.25) is 10.0 Å². The highest BCUT2D eigenvalue weighted by molar-refractivity contribution is 6.42. The fraction of sp³-hybridized carbons (Fsp3) is 0.400. The smallest absolute Gasteiger partial charge is 0.0731 e. The lowest BCUT2D eigenvalue weighted by molar-refractivity contribution is 0.198. The summed E-state index contributed by atoms with van der Waals surface area (Å²) in [6, 6.07) is 5.54. The van der Waals surface area contributed by atoms with Crippen molar-refractivity contribution >= 4 is 28.9 Å². The average Bonchev–Trinajstić information content (AvgIpc) is 2.57. The molecule has 14 heavy (non-hydrogen) atoms. The Labute approximate surface area is 93.0 Å². The van der Waals surface area contributed by atoms with Gasteiger partial charge in [0, 0.05) is 18.8 Å². The molecule has 1 aromatic rings. The number of nitrogens with zero attached hydrogens (tertiary/aromatic N) is 1. The van der Waals surface area contributed by atoms with Crippen LogP contribution >= 0.6 is 23.2 Å². The Morgan fingerprint density at radius 1 is 1.29 bits per heavy atom. The number of β-amino-alcohol motifs (C(OH)–C–C–N with tert-alkyl or cyclic N) is 1. The van der Waals surface area contributed by atoms with Crippen LogP contribution in [0.25, 0.3) is 0 Å². The van der Waals surface area contributed by atoms with Gasteiger partial charge in [-0.2, -0.15) is 0 Å². The van der Waals surface area contributed by atoms with Crippen molar-refractivity contribution in [1.82, 2.24) is 0 Å². The summed E-state index contributed by atoms with van der Waals surface area (Å²) >= 11 is 11.7. The van der Waals surface area contributed by atoms with Crippen LogP contribution in [-0.4, -0.2) is 24.3 Å². The van der Waals surface area contributed by atoms with Gasteiger partial charge in [0.2, 0.25) is 0 Å². The third kappa shape index (κ3) is 1.97. The van der Waals surface area contributed by atoms with Gasteiger partial charge in [-0.15, -0.1) is 0 Å². The lowest BCUT2D eigenvalue weighted by Gasteiger charge is -2.18. The molecule has 4 heteroatoms. The minimum atomic E-state index is -0.218. The second-order valence-electron chi connectivity index (χ2n) is 3.49. The predicted octanol–water partition coefficient (Wildman–Crippen LogP) is 2.56. The van der Waals surface area contributed by atoms with Gasteiger partial charge in [-0.25, -0.2) is 0 Å². The van der Waals surface area contributed by atoms with Crippen LogP contribution in [0.15, 0.2) is 18.2 Å². The Morgan fingerprint density at radius 2 is 2.07 bits per heavy atom. The maximum absolute atomic E-state index is 9.38. The number of benzene rings is 1. The standard InChI is InChI=1S/C10H11Cl2NO/c11-9-2-1-7(5-10(9)12)13-4-3-8(14)6-13/h1-2,5,8,14H,3-4,6H2. The number of aliphatic hydroxyl groups excluding tert-OH is 1. The third-order valence-corrected chi connectivity index (χ3v) is 3.17. The first kappa shape index (κ1) is 10.1. The summed E-state index contributed by atoms with van der Waals surface area (Å²) < 4.78 is 0. The van der Waals surface area contributed by atoms with E-state index < -0.39 is 0 Å². The van der Waals surface area contributed by atoms with E-state index in [1.807, 2.05) is 12.1 Å². The molecule has 0 radical (unpaired) electrons. The Balaban J connectivity index is 2.20. The summed E-state index contributed by atoms with van der Waals surface area (Å²) in [5.74, 6) is 0. The maximum atomic E-state index is 9.38. The van der Waals surface area contributed by atoms with Gasteiger partial charge in [-0.05, 0) is 24.6 Å². The molecule has 0 amide bonds. The van der Waals surface area contributed by atoms with Crippen LogP contribution in [0.4, 0.5) is 5.69 Å². The second kappa shape index (κ2) is 3.97. The average molecular weight is 232 g/mol. The Morgan fingerprint density at radius 3 is 2.64 bits per heavy atom. The van der Waals surface area contributed by atoms with E-state index in [1.165, 1.54) is 0 Å². The van der Waals surface area contributed by atoms with Crippen LogP contribution < -0.4 is 4.90 Å². The summed E-state index contributed by atoms with van der Waals surface area (Å²) in [6.07, 6.45) is 0.602. The van der Waals surface area contributed by atoms with E-state index in [2.05, 4.69) is 4.90 Å². The summed E-state index contributed by atoms with van der Waals surface area (Å²) in [5, 5.41) is 10.5. The molecule has 1 heterocycles. The Kier molecular flexibility index (Phi) is 2.86. The zero-order valence-corrected chi connectivity index (χ0v) is 9.09. The molecule has 1 unspecified atom stereocenters. The SMILES string of the molecule is OC1CCN(c2ccc(Cl)c(Cl)c2)C1. The molecule has 76 valence electrons. The third-order valence-electron chi connectivity index (χ3n) is 2.43. The zero-order valence-electron chi connectivity index (χ0n) is 7.58. The van der Waals surface area contributed by atoms with Crippen molar-refractivity contribution in [2.45, 2.75) is 12.5 Å². The minimum absolute atomic E-state index is 0.218. The highest BCUT2D eigenvalue weighted by Crippen LogP contribution is 2.28. The van der Waals surface area contributed by atoms with Crippen LogP contribution in [0.3, 0.4) is 0 Å². The van der Waals surface area contributed by atoms with Gasteiger partial charge in [0.15, 0.2) is 0 Å². The van der Waals surface area contributed by atoms with Crippen molar-refractivity contribution in [2.75, 3.05) is 18.0 Å². The van der Waals surface area contributed by atoms with Crippen LogP contribution in [0.5, 0.6) is 0 Å². The minimum Gasteiger partial charge on any atom is -0.391 e. The second-order valence-corrected chi connectivity index (χ2v) is 4.30. The molecule has 1 N–H and O–H groups in total. The molecule has 0 aromatic heterocycles. The molecule has 0 spiro atoms. The van der Waals surface area contributed by atoms with E-state index in [-0.39, 0.29) is 6.10 Å². The van der Waals surface area contributed by atoms with Gasteiger partial charge in [0.1, 0.15) is 0 Å². The van der Waals surface area contributed by atoms with Crippen molar-refractivity contribution in [3.05, 3.63) is 28.2 Å². The Bertz CT molecular complexity index is 343. The molecule has 1 saturated heterocycles. The van der Waals surface area contributed by atoms with Gasteiger partial charge in [-0.3, -0.25) is 0 Å². The quantitative estimate of drug-likeness (QED) is 0.804. The topological polar surface area (TPSA) is 23.5 Å². The number of aliphatic hydroxyl groups is 1. The molecule has 1 atom stereocenters. The predicted molar refractivity (Wildman–Crippen MR) is 59.3 cm³/mol. The highest BCUT2D eigenvalue weighted by Gasteiger charge is 2.20. The molecule has 2 rings (SSSR count). The summed E-state index contributed by atoms with van der Waals surface area (Å²) in [6.45, 7) is 1.55. The summed E-state index contributed by atoms with van der Waals surface area (Å²) in [7, 11) is 0. The first-order valence-electron chi connectivity index (χ1n) is 4.55. The molecule has 0 aliphatic carbocycles. The molecule has 2 nitrogen and oxygen atoms in total. The molecule has 1 aliphatic rings. The van der Waals surface area contributed by atoms with E-state index in [1.54, 1.807) is 6.07 Å². The first-order valence-corrected chi connectivity index (χ1v) is 5.30. The van der Waals surface area contributed by atoms with Crippen molar-refractivity contribution in [1.29, 1.82) is 0 Å². The van der Waals surface area contributed by atoms with E-state index in [0.717, 1.165) is 18.7 Å². The number of anilines is 1. The first-order chi connectivity index (χ1) is 6.66. The van der Waals surface area contributed by atoms with Crippen LogP contribution in [0.1, 0.15) is 6.42 Å². The molecule has 1 aromatic carbocycles. The van der Waals surface area contributed by atoms with Gasteiger partial charge in [0.25, 0.3) is 0 Å². The fourth-order valence-corrected chi connectivity index (χ4v) is 1.95. The lowest BCUT2D eigenvalue weighted by Crippen LogP contribution is -2.20. The van der Waals surface area contributed by atoms with Gasteiger partial charge in [-0.1, -0.05) is 23.2 Å². The molecule has 0 bridgehead atoms. The van der Waals surface area contributed by atoms with E-state index >= 15 is 0 Å². The number of halogens is 2. The van der Waals surface area contributed by atoms with Crippen molar-refractivity contribution in [2.24, 2.45) is 0 Å². The van der Waals surface area contributed by atoms with Gasteiger partial charge < -0.3 is 10.0 Å². The van der Waals surface area contributed by atoms with Gasteiger partial charge in [0.05, 0.1) is 16.1 Å². The Hall–Kier alpha value is -0.440. The van der Waals surface area contributed by atoms with Gasteiger partial charge >= 0.3 is 0 Å². The van der Waals surface area contributed by atoms with Crippen LogP contribution in [0, 0.1) is 0 Å². The summed E-state index contributed by atoms with van der Waals surface area (Å²) in [4.78, 5) is 2.10. The fourth-order valence-electron chi connectivity index (χ4n) is 1.66. The van der Waals surface area contributed by atoms with E-state index in [9.17, 15) is 5.11 Å². The molecule has 1 fully saturated rings. The normalized spacial score (nSPS) is 21.6. The molecular weight excluding hydrogens is 221 g/mol. The molecule has 0 saturated carbocycles.